The van der Waals surface area contributed by atoms with Gasteiger partial charge in [0, 0.05) is 0 Å². The molecule has 0 aromatic carbocycles. The summed E-state index contributed by atoms with van der Waals surface area (Å²) in [6, 6.07) is 0. The fourth-order valence-corrected chi connectivity index (χ4v) is 2.82. The van der Waals surface area contributed by atoms with Crippen LogP contribution in [0.25, 0.3) is 0 Å². The SMILES string of the molecule is CC(C)C1=C2CC=CCC2CCC1. The van der Waals surface area contributed by atoms with Crippen LogP contribution in [0, 0.1) is 11.8 Å². The second-order valence-corrected chi connectivity index (χ2v) is 4.71. The van der Waals surface area contributed by atoms with Crippen molar-refractivity contribution in [2.45, 2.75) is 46.0 Å². The summed E-state index contributed by atoms with van der Waals surface area (Å²) in [5, 5.41) is 0. The van der Waals surface area contributed by atoms with E-state index >= 15 is 0 Å². The maximum Gasteiger partial charge on any atom is -0.0133 e. The molecule has 0 aromatic heterocycles. The number of fused-ring (bicyclic) bond motifs is 1. The molecule has 0 nitrogen and oxygen atoms in total. The van der Waals surface area contributed by atoms with Crippen molar-refractivity contribution in [3.05, 3.63) is 23.3 Å². The van der Waals surface area contributed by atoms with Crippen LogP contribution < -0.4 is 0 Å². The van der Waals surface area contributed by atoms with Crippen LogP contribution in [0.5, 0.6) is 0 Å². The fourth-order valence-electron chi connectivity index (χ4n) is 2.82. The quantitative estimate of drug-likeness (QED) is 0.528. The molecule has 0 amide bonds. The monoisotopic (exact) mass is 176 g/mol. The van der Waals surface area contributed by atoms with Gasteiger partial charge < -0.3 is 0 Å². The smallest absolute Gasteiger partial charge is 0.0133 e. The van der Waals surface area contributed by atoms with Crippen molar-refractivity contribution >= 4 is 0 Å². The highest BCUT2D eigenvalue weighted by Crippen LogP contribution is 2.39. The Morgan fingerprint density at radius 1 is 1.31 bits per heavy atom. The zero-order valence-corrected chi connectivity index (χ0v) is 8.84. The first-order valence-corrected chi connectivity index (χ1v) is 5.66. The Balaban J connectivity index is 2.29. The maximum absolute atomic E-state index is 2.37. The molecule has 2 rings (SSSR count). The van der Waals surface area contributed by atoms with Gasteiger partial charge in [0.25, 0.3) is 0 Å². The molecule has 0 heteroatoms. The molecule has 0 spiro atoms. The molecule has 0 saturated carbocycles. The summed E-state index contributed by atoms with van der Waals surface area (Å²) in [6.07, 6.45) is 11.5. The van der Waals surface area contributed by atoms with Gasteiger partial charge in [-0.1, -0.05) is 37.1 Å². The molecule has 13 heavy (non-hydrogen) atoms. The highest BCUT2D eigenvalue weighted by Gasteiger charge is 2.24. The van der Waals surface area contributed by atoms with Crippen LogP contribution in [0.1, 0.15) is 46.0 Å². The molecule has 1 atom stereocenters. The lowest BCUT2D eigenvalue weighted by molar-refractivity contribution is 0.461. The van der Waals surface area contributed by atoms with E-state index in [0.29, 0.717) is 0 Å². The first-order valence-electron chi connectivity index (χ1n) is 5.66. The van der Waals surface area contributed by atoms with Gasteiger partial charge in [0.2, 0.25) is 0 Å². The van der Waals surface area contributed by atoms with E-state index < -0.39 is 0 Å². The van der Waals surface area contributed by atoms with Gasteiger partial charge in [-0.15, -0.1) is 0 Å². The second-order valence-electron chi connectivity index (χ2n) is 4.71. The van der Waals surface area contributed by atoms with Gasteiger partial charge in [-0.25, -0.2) is 0 Å². The van der Waals surface area contributed by atoms with Gasteiger partial charge in [-0.2, -0.15) is 0 Å². The predicted octanol–water partition coefficient (Wildman–Crippen LogP) is 4.09. The lowest BCUT2D eigenvalue weighted by Gasteiger charge is -2.31. The van der Waals surface area contributed by atoms with Gasteiger partial charge >= 0.3 is 0 Å². The Morgan fingerprint density at radius 2 is 2.15 bits per heavy atom. The molecule has 0 saturated heterocycles. The minimum absolute atomic E-state index is 0.782. The molecule has 2 aliphatic carbocycles. The molecule has 0 fully saturated rings. The Morgan fingerprint density at radius 3 is 2.92 bits per heavy atom. The van der Waals surface area contributed by atoms with Crippen molar-refractivity contribution < 1.29 is 0 Å². The number of allylic oxidation sites excluding steroid dienone is 4. The second kappa shape index (κ2) is 3.69. The number of hydrogen-bond acceptors (Lipinski definition) is 0. The molecule has 0 aromatic rings. The largest absolute Gasteiger partial charge is 0.0876 e. The van der Waals surface area contributed by atoms with Crippen LogP contribution in [0.15, 0.2) is 23.3 Å². The van der Waals surface area contributed by atoms with Crippen LogP contribution in [0.2, 0.25) is 0 Å². The van der Waals surface area contributed by atoms with Crippen LogP contribution in [0.3, 0.4) is 0 Å². The van der Waals surface area contributed by atoms with Crippen molar-refractivity contribution in [2.24, 2.45) is 11.8 Å². The van der Waals surface area contributed by atoms with Crippen LogP contribution in [0.4, 0.5) is 0 Å². The summed E-state index contributed by atoms with van der Waals surface area (Å²) < 4.78 is 0. The van der Waals surface area contributed by atoms with E-state index in [2.05, 4.69) is 26.0 Å². The average molecular weight is 176 g/mol. The molecule has 0 heterocycles. The molecule has 0 bridgehead atoms. The standard InChI is InChI=1S/C13H20/c1-10(2)12-9-5-7-11-6-3-4-8-13(11)12/h3-4,10-11H,5-9H2,1-2H3. The van der Waals surface area contributed by atoms with Crippen LogP contribution >= 0.6 is 0 Å². The summed E-state index contributed by atoms with van der Waals surface area (Å²) in [5.41, 5.74) is 3.57. The van der Waals surface area contributed by atoms with E-state index in [1.165, 1.54) is 32.1 Å². The van der Waals surface area contributed by atoms with E-state index in [4.69, 9.17) is 0 Å². The first kappa shape index (κ1) is 9.05. The zero-order chi connectivity index (χ0) is 9.26. The number of hydrogen-bond donors (Lipinski definition) is 0. The molecule has 2 aliphatic rings. The normalized spacial score (nSPS) is 28.1. The zero-order valence-electron chi connectivity index (χ0n) is 8.84. The summed E-state index contributed by atoms with van der Waals surface area (Å²) in [6.45, 7) is 4.70. The molecule has 1 unspecified atom stereocenters. The Bertz CT molecular complexity index is 243. The number of rotatable bonds is 1. The molecule has 0 N–H and O–H groups in total. The first-order chi connectivity index (χ1) is 6.29. The van der Waals surface area contributed by atoms with Gasteiger partial charge in [0.1, 0.15) is 0 Å². The van der Waals surface area contributed by atoms with Crippen LogP contribution in [-0.2, 0) is 0 Å². The summed E-state index contributed by atoms with van der Waals surface area (Å²) in [5.74, 6) is 1.69. The topological polar surface area (TPSA) is 0 Å². The average Bonchev–Trinajstić information content (AvgIpc) is 2.17. The third-order valence-corrected chi connectivity index (χ3v) is 3.53. The third kappa shape index (κ3) is 1.72. The molecule has 0 radical (unpaired) electrons. The highest BCUT2D eigenvalue weighted by molar-refractivity contribution is 5.27. The fraction of sp³-hybridized carbons (Fsp3) is 0.692. The summed E-state index contributed by atoms with van der Waals surface area (Å²) >= 11 is 0. The maximum atomic E-state index is 2.37. The molecular formula is C13H20. The van der Waals surface area contributed by atoms with Crippen LogP contribution in [-0.4, -0.2) is 0 Å². The van der Waals surface area contributed by atoms with Gasteiger partial charge in [-0.05, 0) is 43.9 Å². The molecule has 72 valence electrons. The minimum Gasteiger partial charge on any atom is -0.0876 e. The Hall–Kier alpha value is -0.520. The van der Waals surface area contributed by atoms with Crippen molar-refractivity contribution in [1.82, 2.24) is 0 Å². The van der Waals surface area contributed by atoms with Gasteiger partial charge in [0.15, 0.2) is 0 Å². The Labute approximate surface area is 81.7 Å². The Kier molecular flexibility index (Phi) is 2.57. The van der Waals surface area contributed by atoms with Crippen molar-refractivity contribution in [1.29, 1.82) is 0 Å². The lowest BCUT2D eigenvalue weighted by Crippen LogP contribution is -2.16. The van der Waals surface area contributed by atoms with E-state index in [1.807, 2.05) is 0 Å². The van der Waals surface area contributed by atoms with E-state index in [0.717, 1.165) is 11.8 Å². The van der Waals surface area contributed by atoms with Crippen molar-refractivity contribution in [2.75, 3.05) is 0 Å². The minimum atomic E-state index is 0.782. The van der Waals surface area contributed by atoms with E-state index in [1.54, 1.807) is 11.1 Å². The van der Waals surface area contributed by atoms with E-state index in [-0.39, 0.29) is 0 Å². The molecular weight excluding hydrogens is 156 g/mol. The lowest BCUT2D eigenvalue weighted by atomic mass is 9.74. The summed E-state index contributed by atoms with van der Waals surface area (Å²) in [4.78, 5) is 0. The highest BCUT2D eigenvalue weighted by atomic mass is 14.3. The van der Waals surface area contributed by atoms with E-state index in [9.17, 15) is 0 Å². The molecule has 0 aliphatic heterocycles. The van der Waals surface area contributed by atoms with Gasteiger partial charge in [-0.3, -0.25) is 0 Å². The summed E-state index contributed by atoms with van der Waals surface area (Å²) in [7, 11) is 0. The van der Waals surface area contributed by atoms with Crippen molar-refractivity contribution in [3.8, 4) is 0 Å². The predicted molar refractivity (Wildman–Crippen MR) is 57.6 cm³/mol. The van der Waals surface area contributed by atoms with Gasteiger partial charge in [0.05, 0.1) is 0 Å². The third-order valence-electron chi connectivity index (χ3n) is 3.53. The van der Waals surface area contributed by atoms with Crippen molar-refractivity contribution in [3.63, 3.8) is 0 Å².